The predicted octanol–water partition coefficient (Wildman–Crippen LogP) is 0.823. The second-order valence-corrected chi connectivity index (χ2v) is 9.43. The highest BCUT2D eigenvalue weighted by atomic mass is 32.3. The van der Waals surface area contributed by atoms with Gasteiger partial charge in [-0.25, -0.2) is 4.68 Å². The van der Waals surface area contributed by atoms with E-state index in [1.165, 1.54) is 0 Å². The molecule has 0 saturated carbocycles. The van der Waals surface area contributed by atoms with Crippen molar-refractivity contribution in [3.8, 4) is 0 Å². The maximum Gasteiger partial charge on any atom is 0.302 e. The topological polar surface area (TPSA) is 98.1 Å². The van der Waals surface area contributed by atoms with Crippen LogP contribution in [0.2, 0.25) is 0 Å². The lowest BCUT2D eigenvalue weighted by molar-refractivity contribution is -0.135. The number of amides is 1. The summed E-state index contributed by atoms with van der Waals surface area (Å²) in [5, 5.41) is 11.5. The van der Waals surface area contributed by atoms with Crippen LogP contribution < -0.4 is 0 Å². The molecule has 3 heterocycles. The van der Waals surface area contributed by atoms with Gasteiger partial charge in [-0.2, -0.15) is 20.2 Å². The van der Waals surface area contributed by atoms with Crippen LogP contribution in [-0.4, -0.2) is 69.8 Å². The molecule has 3 rings (SSSR count). The van der Waals surface area contributed by atoms with Crippen LogP contribution in [0.5, 0.6) is 0 Å². The van der Waals surface area contributed by atoms with Gasteiger partial charge in [0.25, 0.3) is 0 Å². The Morgan fingerprint density at radius 1 is 1.28 bits per heavy atom. The number of hydrogen-bond acceptors (Lipinski definition) is 7. The molecule has 8 nitrogen and oxygen atoms in total. The molecule has 0 spiro atoms. The highest BCUT2D eigenvalue weighted by Crippen LogP contribution is 2.36. The van der Waals surface area contributed by atoms with Crippen molar-refractivity contribution in [3.63, 3.8) is 0 Å². The van der Waals surface area contributed by atoms with E-state index in [1.807, 2.05) is 11.8 Å². The Kier molecular flexibility index (Phi) is 5.62. The molecular formula is C14H22FN5O3S2. The Hall–Kier alpha value is -1.23. The number of aromatic nitrogens is 4. The van der Waals surface area contributed by atoms with Crippen molar-refractivity contribution in [2.75, 3.05) is 30.3 Å². The molecule has 2 saturated heterocycles. The molecule has 140 valence electrons. The van der Waals surface area contributed by atoms with Crippen LogP contribution in [0.25, 0.3) is 0 Å². The molecule has 1 aromatic rings. The number of likely N-dealkylation sites (tertiary alicyclic amines) is 1. The van der Waals surface area contributed by atoms with Gasteiger partial charge in [0, 0.05) is 13.1 Å². The van der Waals surface area contributed by atoms with E-state index in [0.29, 0.717) is 32.4 Å². The van der Waals surface area contributed by atoms with E-state index < -0.39 is 16.0 Å². The van der Waals surface area contributed by atoms with Crippen LogP contribution in [0.1, 0.15) is 32.1 Å². The summed E-state index contributed by atoms with van der Waals surface area (Å²) in [4.78, 5) is 14.6. The molecule has 0 N–H and O–H groups in total. The molecule has 1 aromatic heterocycles. The average molecular weight is 391 g/mol. The van der Waals surface area contributed by atoms with Crippen LogP contribution in [0, 0.1) is 5.92 Å². The number of piperidine rings is 1. The third-order valence-corrected chi connectivity index (χ3v) is 7.00. The highest BCUT2D eigenvalue weighted by molar-refractivity contribution is 7.99. The largest absolute Gasteiger partial charge is 0.343 e. The number of carbonyl (C=O) groups is 1. The molecular weight excluding hydrogens is 369 g/mol. The second-order valence-electron chi connectivity index (χ2n) is 6.80. The number of rotatable bonds is 5. The zero-order valence-corrected chi connectivity index (χ0v) is 15.5. The fourth-order valence-electron chi connectivity index (χ4n) is 3.64. The minimum Gasteiger partial charge on any atom is -0.343 e. The molecule has 2 aliphatic rings. The van der Waals surface area contributed by atoms with Gasteiger partial charge in [-0.1, -0.05) is 0 Å². The Morgan fingerprint density at radius 2 is 1.96 bits per heavy atom. The normalized spacial score (nSPS) is 22.0. The number of thioether (sulfide) groups is 1. The molecule has 0 aliphatic carbocycles. The van der Waals surface area contributed by atoms with Crippen molar-refractivity contribution in [1.29, 1.82) is 0 Å². The van der Waals surface area contributed by atoms with Gasteiger partial charge < -0.3 is 4.90 Å². The Labute approximate surface area is 150 Å². The van der Waals surface area contributed by atoms with Crippen molar-refractivity contribution >= 4 is 27.9 Å². The van der Waals surface area contributed by atoms with Crippen LogP contribution in [0.3, 0.4) is 0 Å². The zero-order chi connectivity index (χ0) is 17.9. The van der Waals surface area contributed by atoms with Crippen molar-refractivity contribution in [3.05, 3.63) is 6.33 Å². The maximum atomic E-state index is 12.8. The van der Waals surface area contributed by atoms with Crippen molar-refractivity contribution in [2.45, 2.75) is 37.6 Å². The lowest BCUT2D eigenvalue weighted by Gasteiger charge is -2.38. The minimum absolute atomic E-state index is 0.0314. The highest BCUT2D eigenvalue weighted by Gasteiger charge is 2.39. The van der Waals surface area contributed by atoms with Crippen LogP contribution in [0.4, 0.5) is 3.89 Å². The SMILES string of the molecule is O=C(CC1(n2cnnn2)CCSCC1)N1CCC(CS(=O)(=O)F)CC1. The Bertz CT molecular complexity index is 683. The van der Waals surface area contributed by atoms with Gasteiger partial charge in [0.05, 0.1) is 17.7 Å². The second kappa shape index (κ2) is 7.56. The van der Waals surface area contributed by atoms with Crippen molar-refractivity contribution in [2.24, 2.45) is 5.92 Å². The van der Waals surface area contributed by atoms with Gasteiger partial charge in [0.2, 0.25) is 5.91 Å². The van der Waals surface area contributed by atoms with E-state index in [9.17, 15) is 17.1 Å². The smallest absolute Gasteiger partial charge is 0.302 e. The summed E-state index contributed by atoms with van der Waals surface area (Å²) >= 11 is 1.86. The first kappa shape index (κ1) is 18.6. The van der Waals surface area contributed by atoms with Crippen LogP contribution >= 0.6 is 11.8 Å². The van der Waals surface area contributed by atoms with Gasteiger partial charge in [-0.3, -0.25) is 4.79 Å². The number of halogens is 1. The molecule has 0 bridgehead atoms. The van der Waals surface area contributed by atoms with E-state index in [1.54, 1.807) is 15.9 Å². The Morgan fingerprint density at radius 3 is 2.52 bits per heavy atom. The third kappa shape index (κ3) is 4.69. The standard InChI is InChI=1S/C14H22FN5O3S2/c15-25(22,23)10-12-1-5-19(6-2-12)13(21)9-14(3-7-24-8-4-14)20-11-16-17-18-20/h11-12H,1-10H2. The summed E-state index contributed by atoms with van der Waals surface area (Å²) in [5.74, 6) is 1.30. The molecule has 25 heavy (non-hydrogen) atoms. The van der Waals surface area contributed by atoms with Gasteiger partial charge in [-0.15, -0.1) is 8.98 Å². The number of hydrogen-bond donors (Lipinski definition) is 0. The van der Waals surface area contributed by atoms with E-state index in [0.717, 1.165) is 24.3 Å². The lowest BCUT2D eigenvalue weighted by Crippen LogP contribution is -2.46. The molecule has 0 unspecified atom stereocenters. The maximum absolute atomic E-state index is 12.8. The lowest BCUT2D eigenvalue weighted by atomic mass is 9.87. The first-order chi connectivity index (χ1) is 11.9. The fraction of sp³-hybridized carbons (Fsp3) is 0.857. The molecule has 2 fully saturated rings. The first-order valence-electron chi connectivity index (χ1n) is 8.39. The Balaban J connectivity index is 1.61. The third-order valence-electron chi connectivity index (χ3n) is 5.14. The van der Waals surface area contributed by atoms with Gasteiger partial charge >= 0.3 is 10.2 Å². The van der Waals surface area contributed by atoms with Gasteiger partial charge in [0.15, 0.2) is 0 Å². The van der Waals surface area contributed by atoms with Gasteiger partial charge in [0.1, 0.15) is 6.33 Å². The fourth-order valence-corrected chi connectivity index (χ4v) is 5.79. The number of tetrazole rings is 1. The summed E-state index contributed by atoms with van der Waals surface area (Å²) in [5.41, 5.74) is -0.384. The molecule has 1 amide bonds. The molecule has 0 radical (unpaired) electrons. The van der Waals surface area contributed by atoms with E-state index in [-0.39, 0.29) is 17.4 Å². The van der Waals surface area contributed by atoms with E-state index in [2.05, 4.69) is 15.5 Å². The monoisotopic (exact) mass is 391 g/mol. The van der Waals surface area contributed by atoms with E-state index in [4.69, 9.17) is 0 Å². The number of carbonyl (C=O) groups excluding carboxylic acids is 1. The van der Waals surface area contributed by atoms with Crippen molar-refractivity contribution < 1.29 is 17.1 Å². The van der Waals surface area contributed by atoms with Crippen molar-refractivity contribution in [1.82, 2.24) is 25.1 Å². The summed E-state index contributed by atoms with van der Waals surface area (Å²) in [6.45, 7) is 0.943. The van der Waals surface area contributed by atoms with Gasteiger partial charge in [-0.05, 0) is 53.5 Å². The van der Waals surface area contributed by atoms with Crippen LogP contribution in [-0.2, 0) is 20.6 Å². The first-order valence-corrected chi connectivity index (χ1v) is 11.1. The zero-order valence-electron chi connectivity index (χ0n) is 13.9. The summed E-state index contributed by atoms with van der Waals surface area (Å²) in [7, 11) is -4.45. The predicted molar refractivity (Wildman–Crippen MR) is 91.2 cm³/mol. The summed E-state index contributed by atoms with van der Waals surface area (Å²) < 4.78 is 36.1. The number of nitrogens with zero attached hydrogens (tertiary/aromatic N) is 5. The van der Waals surface area contributed by atoms with E-state index >= 15 is 0 Å². The quantitative estimate of drug-likeness (QED) is 0.686. The summed E-state index contributed by atoms with van der Waals surface area (Å²) in [6, 6.07) is 0. The summed E-state index contributed by atoms with van der Waals surface area (Å²) in [6.07, 6.45) is 4.62. The molecule has 0 atom stereocenters. The molecule has 2 aliphatic heterocycles. The van der Waals surface area contributed by atoms with Crippen LogP contribution in [0.15, 0.2) is 6.33 Å². The molecule has 11 heteroatoms. The average Bonchev–Trinajstić information content (AvgIpc) is 3.10. The molecule has 0 aromatic carbocycles. The minimum atomic E-state index is -4.45.